The summed E-state index contributed by atoms with van der Waals surface area (Å²) in [5, 5.41) is 0. The zero-order valence-electron chi connectivity index (χ0n) is 17.0. The molecule has 27 heavy (non-hydrogen) atoms. The first-order valence-electron chi connectivity index (χ1n) is 9.47. The summed E-state index contributed by atoms with van der Waals surface area (Å²) in [6.45, 7) is 13.1. The van der Waals surface area contributed by atoms with Crippen molar-refractivity contribution >= 4 is 0 Å². The second-order valence-corrected chi connectivity index (χ2v) is 8.89. The van der Waals surface area contributed by atoms with Crippen LogP contribution in [0.15, 0.2) is 36.5 Å². The number of rotatable bonds is 2. The van der Waals surface area contributed by atoms with E-state index in [9.17, 15) is 0 Å². The van der Waals surface area contributed by atoms with Crippen LogP contribution in [0.25, 0.3) is 22.6 Å². The van der Waals surface area contributed by atoms with Gasteiger partial charge in [0, 0.05) is 17.3 Å². The van der Waals surface area contributed by atoms with Gasteiger partial charge in [0.25, 0.3) is 0 Å². The van der Waals surface area contributed by atoms with Crippen molar-refractivity contribution in [1.29, 1.82) is 0 Å². The molecule has 0 saturated carbocycles. The maximum Gasteiger partial charge on any atom is 0.164 e. The van der Waals surface area contributed by atoms with Crippen molar-refractivity contribution in [2.45, 2.75) is 58.8 Å². The smallest absolute Gasteiger partial charge is 0.164 e. The van der Waals surface area contributed by atoms with E-state index in [0.29, 0.717) is 5.82 Å². The van der Waals surface area contributed by atoms with E-state index in [4.69, 9.17) is 4.98 Å². The number of nitrogens with zero attached hydrogens (tertiary/aromatic N) is 4. The fraction of sp³-hybridized carbons (Fsp3) is 0.391. The fourth-order valence-electron chi connectivity index (χ4n) is 4.59. The lowest BCUT2D eigenvalue weighted by atomic mass is 9.82. The van der Waals surface area contributed by atoms with Crippen molar-refractivity contribution in [2.24, 2.45) is 0 Å². The van der Waals surface area contributed by atoms with Gasteiger partial charge in [-0.3, -0.25) is 4.98 Å². The number of pyridine rings is 1. The highest BCUT2D eigenvalue weighted by atomic mass is 15.0. The average molecular weight is 358 g/mol. The Labute approximate surface area is 161 Å². The highest BCUT2D eigenvalue weighted by Crippen LogP contribution is 2.50. The summed E-state index contributed by atoms with van der Waals surface area (Å²) in [6, 6.07) is 10.9. The number of aromatic nitrogens is 4. The molecule has 0 spiro atoms. The van der Waals surface area contributed by atoms with Crippen LogP contribution in [-0.2, 0) is 10.8 Å². The summed E-state index contributed by atoms with van der Waals surface area (Å²) in [4.78, 5) is 17.8. The lowest BCUT2D eigenvalue weighted by Crippen LogP contribution is -2.17. The number of benzene rings is 1. The minimum atomic E-state index is 0.189. The van der Waals surface area contributed by atoms with Crippen molar-refractivity contribution in [3.8, 4) is 22.6 Å². The topological polar surface area (TPSA) is 51.6 Å². The minimum Gasteiger partial charge on any atom is -0.255 e. The van der Waals surface area contributed by atoms with E-state index in [1.807, 2.05) is 26.1 Å². The van der Waals surface area contributed by atoms with E-state index in [2.05, 4.69) is 66.9 Å². The molecule has 2 heterocycles. The summed E-state index contributed by atoms with van der Waals surface area (Å²) in [7, 11) is 0. The van der Waals surface area contributed by atoms with E-state index < -0.39 is 0 Å². The van der Waals surface area contributed by atoms with Crippen LogP contribution in [0.4, 0.5) is 0 Å². The van der Waals surface area contributed by atoms with Crippen LogP contribution in [-0.4, -0.2) is 19.9 Å². The van der Waals surface area contributed by atoms with Gasteiger partial charge in [-0.1, -0.05) is 39.8 Å². The van der Waals surface area contributed by atoms with Crippen molar-refractivity contribution in [3.05, 3.63) is 59.3 Å². The summed E-state index contributed by atoms with van der Waals surface area (Å²) >= 11 is 0. The van der Waals surface area contributed by atoms with Crippen molar-refractivity contribution in [3.63, 3.8) is 0 Å². The Bertz CT molecular complexity index is 997. The zero-order chi connectivity index (χ0) is 19.4. The third-order valence-corrected chi connectivity index (χ3v) is 5.54. The molecule has 3 aromatic rings. The summed E-state index contributed by atoms with van der Waals surface area (Å²) < 4.78 is 0. The van der Waals surface area contributed by atoms with E-state index >= 15 is 0 Å². The normalized spacial score (nSPS) is 17.0. The third kappa shape index (κ3) is 3.14. The predicted molar refractivity (Wildman–Crippen MR) is 109 cm³/mol. The summed E-state index contributed by atoms with van der Waals surface area (Å²) in [6.07, 6.45) is 3.02. The fourth-order valence-corrected chi connectivity index (χ4v) is 4.59. The average Bonchev–Trinajstić information content (AvgIpc) is 2.78. The Kier molecular flexibility index (Phi) is 3.91. The summed E-state index contributed by atoms with van der Waals surface area (Å²) in [5.41, 5.74) is 6.37. The number of hydrogen-bond acceptors (Lipinski definition) is 4. The van der Waals surface area contributed by atoms with Crippen LogP contribution in [0, 0.1) is 13.8 Å². The van der Waals surface area contributed by atoms with Gasteiger partial charge >= 0.3 is 0 Å². The first kappa shape index (κ1) is 17.8. The Morgan fingerprint density at radius 2 is 1.37 bits per heavy atom. The second kappa shape index (κ2) is 5.95. The Morgan fingerprint density at radius 3 is 2.00 bits per heavy atom. The molecule has 0 bridgehead atoms. The molecule has 1 aliphatic rings. The highest BCUT2D eigenvalue weighted by molar-refractivity contribution is 5.66. The largest absolute Gasteiger partial charge is 0.255 e. The zero-order valence-corrected chi connectivity index (χ0v) is 17.0. The maximum absolute atomic E-state index is 4.69. The molecule has 1 aliphatic carbocycles. The molecule has 1 aromatic carbocycles. The van der Waals surface area contributed by atoms with E-state index in [0.717, 1.165) is 28.5 Å². The van der Waals surface area contributed by atoms with Gasteiger partial charge in [0.2, 0.25) is 0 Å². The molecule has 4 nitrogen and oxygen atoms in total. The van der Waals surface area contributed by atoms with Gasteiger partial charge in [0.15, 0.2) is 5.82 Å². The molecular weight excluding hydrogens is 332 g/mol. The first-order valence-corrected chi connectivity index (χ1v) is 9.47. The highest BCUT2D eigenvalue weighted by Gasteiger charge is 2.41. The number of fused-ring (bicyclic) bond motifs is 1. The minimum absolute atomic E-state index is 0.189. The second-order valence-electron chi connectivity index (χ2n) is 8.89. The molecule has 0 radical (unpaired) electrons. The van der Waals surface area contributed by atoms with Gasteiger partial charge in [-0.25, -0.2) is 15.0 Å². The SMILES string of the molecule is Cc1nc(C)nc(-c2ccc(-c3ccc4c(c3)C(C)(C)CC4(C)C)nc2)n1. The molecule has 0 aliphatic heterocycles. The summed E-state index contributed by atoms with van der Waals surface area (Å²) in [5.74, 6) is 2.13. The molecule has 4 rings (SSSR count). The van der Waals surface area contributed by atoms with Crippen LogP contribution in [0.5, 0.6) is 0 Å². The molecule has 2 aromatic heterocycles. The quantitative estimate of drug-likeness (QED) is 0.633. The van der Waals surface area contributed by atoms with Gasteiger partial charge in [-0.2, -0.15) is 0 Å². The van der Waals surface area contributed by atoms with Crippen LogP contribution >= 0.6 is 0 Å². The molecule has 0 saturated heterocycles. The standard InChI is InChI=1S/C23H26N4/c1-14-25-15(2)27-21(26-14)17-8-10-20(24-12-17)16-7-9-18-19(11-16)23(5,6)13-22(18,3)4/h7-12H,13H2,1-6H3. The molecule has 0 fully saturated rings. The van der Waals surface area contributed by atoms with Gasteiger partial charge in [-0.05, 0) is 60.4 Å². The molecule has 0 unspecified atom stereocenters. The maximum atomic E-state index is 4.69. The monoisotopic (exact) mass is 358 g/mol. The number of hydrogen-bond donors (Lipinski definition) is 0. The van der Waals surface area contributed by atoms with Gasteiger partial charge in [-0.15, -0.1) is 0 Å². The van der Waals surface area contributed by atoms with Crippen LogP contribution in [0.2, 0.25) is 0 Å². The third-order valence-electron chi connectivity index (χ3n) is 5.54. The van der Waals surface area contributed by atoms with Crippen molar-refractivity contribution in [1.82, 2.24) is 19.9 Å². The van der Waals surface area contributed by atoms with Gasteiger partial charge in [0.1, 0.15) is 11.6 Å². The lowest BCUT2D eigenvalue weighted by molar-refractivity contribution is 0.403. The Balaban J connectivity index is 1.71. The molecular formula is C23H26N4. The van der Waals surface area contributed by atoms with Crippen LogP contribution in [0.1, 0.15) is 56.9 Å². The first-order chi connectivity index (χ1) is 12.7. The van der Waals surface area contributed by atoms with Crippen LogP contribution < -0.4 is 0 Å². The molecule has 4 heteroatoms. The van der Waals surface area contributed by atoms with Gasteiger partial charge in [0.05, 0.1) is 5.69 Å². The van der Waals surface area contributed by atoms with Gasteiger partial charge < -0.3 is 0 Å². The molecule has 0 N–H and O–H groups in total. The van der Waals surface area contributed by atoms with Crippen molar-refractivity contribution < 1.29 is 0 Å². The molecule has 138 valence electrons. The lowest BCUT2D eigenvalue weighted by Gasteiger charge is -2.22. The van der Waals surface area contributed by atoms with Crippen molar-refractivity contribution in [2.75, 3.05) is 0 Å². The van der Waals surface area contributed by atoms with Crippen LogP contribution in [0.3, 0.4) is 0 Å². The Hall–Kier alpha value is -2.62. The molecule has 0 atom stereocenters. The predicted octanol–water partition coefficient (Wildman–Crippen LogP) is 5.18. The van der Waals surface area contributed by atoms with E-state index in [1.165, 1.54) is 17.5 Å². The van der Waals surface area contributed by atoms with E-state index in [1.54, 1.807) is 0 Å². The molecule has 0 amide bonds. The van der Waals surface area contributed by atoms with E-state index in [-0.39, 0.29) is 10.8 Å². The number of aryl methyl sites for hydroxylation is 2. The Morgan fingerprint density at radius 1 is 0.741 bits per heavy atom.